The molecular formula is C6H12N2O2. The molecule has 58 valence electrons. The Morgan fingerprint density at radius 3 is 2.50 bits per heavy atom. The lowest BCUT2D eigenvalue weighted by Crippen LogP contribution is -2.36. The molecule has 0 aromatic rings. The predicted octanol–water partition coefficient (Wildman–Crippen LogP) is -0.303. The van der Waals surface area contributed by atoms with E-state index in [0.29, 0.717) is 5.57 Å². The summed E-state index contributed by atoms with van der Waals surface area (Å²) >= 11 is 0. The fourth-order valence-corrected chi connectivity index (χ4v) is 0.428. The van der Waals surface area contributed by atoms with Gasteiger partial charge in [-0.15, -0.1) is 0 Å². The Kier molecular flexibility index (Phi) is 3.87. The van der Waals surface area contributed by atoms with Crippen LogP contribution in [0.15, 0.2) is 11.6 Å². The van der Waals surface area contributed by atoms with E-state index in [1.54, 1.807) is 19.9 Å². The van der Waals surface area contributed by atoms with E-state index in [0.717, 1.165) is 0 Å². The lowest BCUT2D eigenvalue weighted by molar-refractivity contribution is -0.126. The number of carbonyl (C=O) groups excluding carboxylic acids is 1. The highest BCUT2D eigenvalue weighted by molar-refractivity contribution is 5.97. The van der Waals surface area contributed by atoms with E-state index in [-0.39, 0.29) is 5.78 Å². The van der Waals surface area contributed by atoms with Crippen molar-refractivity contribution < 1.29 is 9.63 Å². The maximum atomic E-state index is 10.9. The van der Waals surface area contributed by atoms with Crippen molar-refractivity contribution in [3.8, 4) is 0 Å². The quantitative estimate of drug-likeness (QED) is 0.324. The van der Waals surface area contributed by atoms with Gasteiger partial charge in [-0.3, -0.25) is 15.4 Å². The topological polar surface area (TPSA) is 78.3 Å². The molecule has 0 bridgehead atoms. The average Bonchev–Trinajstić information content (AvgIpc) is 2.00. The van der Waals surface area contributed by atoms with Crippen molar-refractivity contribution in [3.05, 3.63) is 11.6 Å². The molecule has 0 fully saturated rings. The molecule has 0 amide bonds. The van der Waals surface area contributed by atoms with Gasteiger partial charge in [0.25, 0.3) is 0 Å². The second-order valence-corrected chi connectivity index (χ2v) is 1.89. The van der Waals surface area contributed by atoms with Crippen LogP contribution >= 0.6 is 0 Å². The number of hydrogen-bond acceptors (Lipinski definition) is 4. The highest BCUT2D eigenvalue weighted by atomic mass is 16.6. The first kappa shape index (κ1) is 9.29. The maximum Gasteiger partial charge on any atom is 0.203 e. The fourth-order valence-electron chi connectivity index (χ4n) is 0.428. The van der Waals surface area contributed by atoms with E-state index in [2.05, 4.69) is 4.84 Å². The predicted molar refractivity (Wildman–Crippen MR) is 37.7 cm³/mol. The van der Waals surface area contributed by atoms with Gasteiger partial charge in [0.05, 0.1) is 0 Å². The lowest BCUT2D eigenvalue weighted by Gasteiger charge is -2.05. The minimum absolute atomic E-state index is 0.287. The fraction of sp³-hybridized carbons (Fsp3) is 0.500. The number of ketones is 1. The first-order valence-corrected chi connectivity index (χ1v) is 2.91. The molecule has 0 aliphatic heterocycles. The molecule has 0 unspecified atom stereocenters. The summed E-state index contributed by atoms with van der Waals surface area (Å²) in [5, 5.41) is 0. The lowest BCUT2D eigenvalue weighted by atomic mass is 10.2. The first-order chi connectivity index (χ1) is 4.63. The van der Waals surface area contributed by atoms with E-state index in [1.807, 2.05) is 0 Å². The number of allylic oxidation sites excluding steroid dienone is 1. The molecule has 1 atom stereocenters. The Morgan fingerprint density at radius 2 is 2.20 bits per heavy atom. The van der Waals surface area contributed by atoms with Gasteiger partial charge < -0.3 is 0 Å². The summed E-state index contributed by atoms with van der Waals surface area (Å²) in [5.74, 6) is 4.41. The molecule has 0 saturated heterocycles. The monoisotopic (exact) mass is 144 g/mol. The molecule has 0 aromatic heterocycles. The maximum absolute atomic E-state index is 10.9. The highest BCUT2D eigenvalue weighted by Crippen LogP contribution is 1.96. The summed E-state index contributed by atoms with van der Waals surface area (Å²) < 4.78 is 0. The van der Waals surface area contributed by atoms with Crippen LogP contribution in [0.2, 0.25) is 0 Å². The van der Waals surface area contributed by atoms with Crippen LogP contribution in [-0.2, 0) is 9.63 Å². The minimum atomic E-state index is -1.03. The second-order valence-electron chi connectivity index (χ2n) is 1.89. The highest BCUT2D eigenvalue weighted by Gasteiger charge is 2.13. The van der Waals surface area contributed by atoms with Crippen LogP contribution < -0.4 is 11.6 Å². The molecular weight excluding hydrogens is 132 g/mol. The zero-order chi connectivity index (χ0) is 8.15. The van der Waals surface area contributed by atoms with Crippen molar-refractivity contribution in [1.82, 2.24) is 0 Å². The van der Waals surface area contributed by atoms with Crippen molar-refractivity contribution in [1.29, 1.82) is 0 Å². The molecule has 0 aromatic carbocycles. The molecule has 0 heterocycles. The van der Waals surface area contributed by atoms with Gasteiger partial charge in [-0.25, -0.2) is 5.90 Å². The van der Waals surface area contributed by atoms with Gasteiger partial charge in [0, 0.05) is 0 Å². The van der Waals surface area contributed by atoms with Gasteiger partial charge in [0.2, 0.25) is 5.78 Å². The smallest absolute Gasteiger partial charge is 0.203 e. The van der Waals surface area contributed by atoms with E-state index < -0.39 is 6.23 Å². The van der Waals surface area contributed by atoms with Crippen LogP contribution in [0, 0.1) is 0 Å². The molecule has 0 rings (SSSR count). The molecule has 0 aliphatic carbocycles. The summed E-state index contributed by atoms with van der Waals surface area (Å²) in [6.07, 6.45) is 0.623. The van der Waals surface area contributed by atoms with Gasteiger partial charge in [-0.1, -0.05) is 6.08 Å². The third-order valence-electron chi connectivity index (χ3n) is 1.23. The summed E-state index contributed by atoms with van der Waals surface area (Å²) in [4.78, 5) is 15.0. The average molecular weight is 144 g/mol. The summed E-state index contributed by atoms with van der Waals surface area (Å²) in [6.45, 7) is 3.40. The van der Waals surface area contributed by atoms with Crippen LogP contribution in [0.3, 0.4) is 0 Å². The van der Waals surface area contributed by atoms with Crippen LogP contribution in [0.1, 0.15) is 13.8 Å². The van der Waals surface area contributed by atoms with E-state index in [9.17, 15) is 4.79 Å². The molecule has 0 spiro atoms. The molecule has 0 aliphatic rings. The number of Topliss-reactive ketones (excluding diaryl/α,β-unsaturated/α-hetero) is 1. The van der Waals surface area contributed by atoms with Gasteiger partial charge in [0.1, 0.15) is 0 Å². The summed E-state index contributed by atoms with van der Waals surface area (Å²) in [7, 11) is 0. The Labute approximate surface area is 59.8 Å². The van der Waals surface area contributed by atoms with E-state index in [4.69, 9.17) is 11.6 Å². The Hall–Kier alpha value is -0.710. The molecule has 4 heteroatoms. The number of rotatable bonds is 3. The van der Waals surface area contributed by atoms with Crippen molar-refractivity contribution in [2.75, 3.05) is 0 Å². The third-order valence-corrected chi connectivity index (χ3v) is 1.23. The van der Waals surface area contributed by atoms with Crippen LogP contribution in [-0.4, -0.2) is 12.0 Å². The zero-order valence-electron chi connectivity index (χ0n) is 6.13. The van der Waals surface area contributed by atoms with Crippen molar-refractivity contribution in [3.63, 3.8) is 0 Å². The molecule has 4 N–H and O–H groups in total. The largest absolute Gasteiger partial charge is 0.298 e. The Balaban J connectivity index is 4.08. The number of hydrogen-bond donors (Lipinski definition) is 2. The molecule has 10 heavy (non-hydrogen) atoms. The van der Waals surface area contributed by atoms with Crippen LogP contribution in [0.4, 0.5) is 0 Å². The SMILES string of the molecule is C/C=C(\C)C(=O)[C@@H](N)ON. The molecule has 0 saturated carbocycles. The molecule has 4 nitrogen and oxygen atoms in total. The Morgan fingerprint density at radius 1 is 1.70 bits per heavy atom. The standard InChI is InChI=1S/C6H12N2O2/c1-3-4(2)5(9)6(7)10-8/h3,6H,7-8H2,1-2H3/b4-3+/t6-/m0/s1. The van der Waals surface area contributed by atoms with Gasteiger partial charge >= 0.3 is 0 Å². The number of nitrogens with two attached hydrogens (primary N) is 2. The second kappa shape index (κ2) is 4.16. The third kappa shape index (κ3) is 2.26. The van der Waals surface area contributed by atoms with Gasteiger partial charge in [-0.2, -0.15) is 0 Å². The summed E-state index contributed by atoms with van der Waals surface area (Å²) in [6, 6.07) is 0. The number of carbonyl (C=O) groups is 1. The van der Waals surface area contributed by atoms with Crippen molar-refractivity contribution >= 4 is 5.78 Å². The minimum Gasteiger partial charge on any atom is -0.298 e. The zero-order valence-corrected chi connectivity index (χ0v) is 6.13. The molecule has 0 radical (unpaired) electrons. The van der Waals surface area contributed by atoms with Crippen molar-refractivity contribution in [2.45, 2.75) is 20.1 Å². The first-order valence-electron chi connectivity index (χ1n) is 2.91. The van der Waals surface area contributed by atoms with E-state index in [1.165, 1.54) is 0 Å². The van der Waals surface area contributed by atoms with Crippen LogP contribution in [0.5, 0.6) is 0 Å². The normalized spacial score (nSPS) is 15.0. The van der Waals surface area contributed by atoms with E-state index >= 15 is 0 Å². The Bertz CT molecular complexity index is 154. The van der Waals surface area contributed by atoms with Gasteiger partial charge in [-0.05, 0) is 19.4 Å². The summed E-state index contributed by atoms with van der Waals surface area (Å²) in [5.41, 5.74) is 5.71. The van der Waals surface area contributed by atoms with Crippen LogP contribution in [0.25, 0.3) is 0 Å². The van der Waals surface area contributed by atoms with Crippen molar-refractivity contribution in [2.24, 2.45) is 11.6 Å². The van der Waals surface area contributed by atoms with Gasteiger partial charge in [0.15, 0.2) is 6.23 Å².